The SMILES string of the molecule is O=C([O-])c1ccc(Cn2nnc(-c3ccnc(C(=O)NCc4cccc(F)c4)c3)n2)cc1. The molecule has 0 spiro atoms. The van der Waals surface area contributed by atoms with Crippen LogP contribution in [0.15, 0.2) is 66.9 Å². The predicted octanol–water partition coefficient (Wildman–Crippen LogP) is 1.22. The molecule has 0 unspecified atom stereocenters. The molecule has 4 aromatic rings. The van der Waals surface area contributed by atoms with Gasteiger partial charge < -0.3 is 15.2 Å². The number of carboxylic acids is 1. The molecule has 0 aliphatic carbocycles. The topological polar surface area (TPSA) is 126 Å². The van der Waals surface area contributed by atoms with Crippen LogP contribution in [0.1, 0.15) is 32.0 Å². The molecule has 9 nitrogen and oxygen atoms in total. The van der Waals surface area contributed by atoms with Gasteiger partial charge >= 0.3 is 0 Å². The van der Waals surface area contributed by atoms with E-state index >= 15 is 0 Å². The maximum atomic E-state index is 13.3. The number of nitrogens with zero attached hydrogens (tertiary/aromatic N) is 5. The van der Waals surface area contributed by atoms with E-state index in [1.54, 1.807) is 30.3 Å². The van der Waals surface area contributed by atoms with Gasteiger partial charge in [-0.2, -0.15) is 4.80 Å². The van der Waals surface area contributed by atoms with Crippen molar-refractivity contribution in [3.05, 3.63) is 95.1 Å². The van der Waals surface area contributed by atoms with Gasteiger partial charge in [-0.1, -0.05) is 36.4 Å². The first-order chi connectivity index (χ1) is 15.5. The highest BCUT2D eigenvalue weighted by Crippen LogP contribution is 2.15. The molecule has 0 aliphatic rings. The van der Waals surface area contributed by atoms with Crippen LogP contribution in [-0.2, 0) is 13.1 Å². The Labute approximate surface area is 181 Å². The summed E-state index contributed by atoms with van der Waals surface area (Å²) in [6.07, 6.45) is 1.46. The van der Waals surface area contributed by atoms with E-state index in [0.29, 0.717) is 17.0 Å². The summed E-state index contributed by atoms with van der Waals surface area (Å²) in [5.41, 5.74) is 2.21. The number of carbonyl (C=O) groups is 2. The highest BCUT2D eigenvalue weighted by molar-refractivity contribution is 5.93. The van der Waals surface area contributed by atoms with E-state index in [0.717, 1.165) is 5.56 Å². The molecule has 0 fully saturated rings. The number of rotatable bonds is 7. The molecule has 2 heterocycles. The lowest BCUT2D eigenvalue weighted by molar-refractivity contribution is -0.255. The Morgan fingerprint density at radius 1 is 1.03 bits per heavy atom. The number of carboxylic acid groups (broad SMARTS) is 1. The highest BCUT2D eigenvalue weighted by Gasteiger charge is 2.12. The van der Waals surface area contributed by atoms with Crippen molar-refractivity contribution in [3.8, 4) is 11.4 Å². The van der Waals surface area contributed by atoms with E-state index in [1.165, 1.54) is 41.3 Å². The third-order valence-electron chi connectivity index (χ3n) is 4.56. The number of benzene rings is 2. The van der Waals surface area contributed by atoms with Gasteiger partial charge in [0.25, 0.3) is 5.91 Å². The maximum Gasteiger partial charge on any atom is 0.270 e. The Bertz CT molecular complexity index is 1270. The van der Waals surface area contributed by atoms with Crippen molar-refractivity contribution in [2.45, 2.75) is 13.1 Å². The minimum atomic E-state index is -1.24. The highest BCUT2D eigenvalue weighted by atomic mass is 19.1. The van der Waals surface area contributed by atoms with Crippen molar-refractivity contribution in [1.82, 2.24) is 30.5 Å². The Kier molecular flexibility index (Phi) is 5.93. The van der Waals surface area contributed by atoms with Crippen LogP contribution in [0.25, 0.3) is 11.4 Å². The minimum absolute atomic E-state index is 0.0842. The number of aromatic carboxylic acids is 1. The molecular weight excluding hydrogens is 415 g/mol. The number of hydrogen-bond acceptors (Lipinski definition) is 7. The number of tetrazole rings is 1. The summed E-state index contributed by atoms with van der Waals surface area (Å²) in [5, 5.41) is 25.8. The quantitative estimate of drug-likeness (QED) is 0.466. The predicted molar refractivity (Wildman–Crippen MR) is 108 cm³/mol. The van der Waals surface area contributed by atoms with Gasteiger partial charge in [-0.05, 0) is 46.2 Å². The fourth-order valence-corrected chi connectivity index (χ4v) is 2.95. The van der Waals surface area contributed by atoms with Crippen LogP contribution in [0.5, 0.6) is 0 Å². The molecule has 0 saturated carbocycles. The normalized spacial score (nSPS) is 10.7. The van der Waals surface area contributed by atoms with Crippen molar-refractivity contribution in [3.63, 3.8) is 0 Å². The third-order valence-corrected chi connectivity index (χ3v) is 4.56. The molecule has 1 N–H and O–H groups in total. The zero-order chi connectivity index (χ0) is 22.5. The average Bonchev–Trinajstić information content (AvgIpc) is 3.26. The molecular formula is C22H16FN6O3-. The number of nitrogens with one attached hydrogen (secondary N) is 1. The summed E-state index contributed by atoms with van der Waals surface area (Å²) in [5.74, 6) is -1.73. The van der Waals surface area contributed by atoms with Crippen LogP contribution >= 0.6 is 0 Å². The first kappa shape index (κ1) is 20.8. The maximum absolute atomic E-state index is 13.3. The molecule has 0 atom stereocenters. The summed E-state index contributed by atoms with van der Waals surface area (Å²) in [4.78, 5) is 28.7. The van der Waals surface area contributed by atoms with Crippen LogP contribution in [-0.4, -0.2) is 37.1 Å². The lowest BCUT2D eigenvalue weighted by Gasteiger charge is -2.06. The first-order valence-corrected chi connectivity index (χ1v) is 9.55. The molecule has 0 bridgehead atoms. The van der Waals surface area contributed by atoms with Gasteiger partial charge in [0.05, 0.1) is 12.5 Å². The molecule has 2 aromatic heterocycles. The van der Waals surface area contributed by atoms with Gasteiger partial charge in [-0.15, -0.1) is 10.2 Å². The number of carbonyl (C=O) groups excluding carboxylic acids is 2. The van der Waals surface area contributed by atoms with Crippen LogP contribution in [0.3, 0.4) is 0 Å². The molecule has 4 rings (SSSR count). The van der Waals surface area contributed by atoms with Crippen LogP contribution in [0.2, 0.25) is 0 Å². The van der Waals surface area contributed by atoms with Crippen molar-refractivity contribution >= 4 is 11.9 Å². The van der Waals surface area contributed by atoms with Crippen LogP contribution in [0, 0.1) is 5.82 Å². The molecule has 0 radical (unpaired) electrons. The Morgan fingerprint density at radius 3 is 2.59 bits per heavy atom. The summed E-state index contributed by atoms with van der Waals surface area (Å²) in [6.45, 7) is 0.444. The van der Waals surface area contributed by atoms with Gasteiger partial charge in [0.1, 0.15) is 11.5 Å². The number of amides is 1. The second kappa shape index (κ2) is 9.13. The van der Waals surface area contributed by atoms with E-state index < -0.39 is 11.9 Å². The average molecular weight is 431 g/mol. The summed E-state index contributed by atoms with van der Waals surface area (Å²) in [6, 6.07) is 15.3. The van der Waals surface area contributed by atoms with E-state index in [2.05, 4.69) is 25.7 Å². The van der Waals surface area contributed by atoms with Crippen molar-refractivity contribution in [2.75, 3.05) is 0 Å². The van der Waals surface area contributed by atoms with Crippen LogP contribution < -0.4 is 10.4 Å². The summed E-state index contributed by atoms with van der Waals surface area (Å²) < 4.78 is 13.3. The Hall–Kier alpha value is -4.47. The summed E-state index contributed by atoms with van der Waals surface area (Å²) in [7, 11) is 0. The van der Waals surface area contributed by atoms with Gasteiger partial charge in [0, 0.05) is 18.3 Å². The van der Waals surface area contributed by atoms with Crippen molar-refractivity contribution < 1.29 is 19.1 Å². The number of pyridine rings is 1. The fourth-order valence-electron chi connectivity index (χ4n) is 2.95. The standard InChI is InChI=1S/C22H17FN6O3/c23-18-3-1-2-15(10-18)12-25-21(30)19-11-17(8-9-24-19)20-26-28-29(27-20)13-14-4-6-16(7-5-14)22(31)32/h1-11H,12-13H2,(H,25,30)(H,31,32)/p-1. The lowest BCUT2D eigenvalue weighted by Crippen LogP contribution is -2.23. The molecule has 0 aliphatic heterocycles. The largest absolute Gasteiger partial charge is 0.545 e. The minimum Gasteiger partial charge on any atom is -0.545 e. The van der Waals surface area contributed by atoms with Gasteiger partial charge in [-0.25, -0.2) is 4.39 Å². The van der Waals surface area contributed by atoms with Gasteiger partial charge in [0.2, 0.25) is 5.82 Å². The molecule has 160 valence electrons. The molecule has 2 aromatic carbocycles. The number of aromatic nitrogens is 5. The van der Waals surface area contributed by atoms with E-state index in [9.17, 15) is 19.1 Å². The van der Waals surface area contributed by atoms with Gasteiger partial charge in [0.15, 0.2) is 0 Å². The summed E-state index contributed by atoms with van der Waals surface area (Å²) >= 11 is 0. The Morgan fingerprint density at radius 2 is 1.84 bits per heavy atom. The van der Waals surface area contributed by atoms with Gasteiger partial charge in [-0.3, -0.25) is 9.78 Å². The number of hydrogen-bond donors (Lipinski definition) is 1. The van der Waals surface area contributed by atoms with Crippen molar-refractivity contribution in [1.29, 1.82) is 0 Å². The van der Waals surface area contributed by atoms with E-state index in [4.69, 9.17) is 0 Å². The first-order valence-electron chi connectivity index (χ1n) is 9.55. The lowest BCUT2D eigenvalue weighted by atomic mass is 10.1. The van der Waals surface area contributed by atoms with Crippen molar-refractivity contribution in [2.24, 2.45) is 0 Å². The monoisotopic (exact) mass is 431 g/mol. The molecule has 32 heavy (non-hydrogen) atoms. The van der Waals surface area contributed by atoms with E-state index in [-0.39, 0.29) is 30.2 Å². The van der Waals surface area contributed by atoms with Crippen LogP contribution in [0.4, 0.5) is 4.39 Å². The smallest absolute Gasteiger partial charge is 0.270 e. The number of halogens is 1. The molecule has 0 saturated heterocycles. The Balaban J connectivity index is 1.43. The third kappa shape index (κ3) is 4.98. The van der Waals surface area contributed by atoms with E-state index in [1.807, 2.05) is 0 Å². The molecule has 1 amide bonds. The zero-order valence-electron chi connectivity index (χ0n) is 16.6. The molecule has 10 heteroatoms. The zero-order valence-corrected chi connectivity index (χ0v) is 16.6. The second-order valence-corrected chi connectivity index (χ2v) is 6.87. The second-order valence-electron chi connectivity index (χ2n) is 6.87. The fraction of sp³-hybridized carbons (Fsp3) is 0.0909.